The van der Waals surface area contributed by atoms with Gasteiger partial charge in [0.2, 0.25) is 0 Å². The van der Waals surface area contributed by atoms with Gasteiger partial charge >= 0.3 is 20.1 Å². The number of rotatable bonds is 2. The molecule has 1 aromatic heterocycles. The van der Waals surface area contributed by atoms with Crippen LogP contribution in [0.15, 0.2) is 91.4 Å². The van der Waals surface area contributed by atoms with Gasteiger partial charge in [-0.15, -0.1) is 23.8 Å². The van der Waals surface area contributed by atoms with E-state index in [1.807, 2.05) is 48.7 Å². The molecule has 0 saturated heterocycles. The number of nitrogens with zero attached hydrogens (tertiary/aromatic N) is 3. The van der Waals surface area contributed by atoms with Crippen molar-refractivity contribution >= 4 is 0 Å². The predicted molar refractivity (Wildman–Crippen MR) is 125 cm³/mol. The van der Waals surface area contributed by atoms with E-state index in [-0.39, 0.29) is 26.3 Å². The van der Waals surface area contributed by atoms with Crippen LogP contribution in [0.4, 0.5) is 8.78 Å². The van der Waals surface area contributed by atoms with Crippen molar-refractivity contribution in [2.75, 3.05) is 6.54 Å². The average molecular weight is 629 g/mol. The third-order valence-corrected chi connectivity index (χ3v) is 5.68. The first-order chi connectivity index (χ1) is 16.2. The fraction of sp³-hybridized carbons (Fsp3) is 0.107. The maximum atomic E-state index is 13.2. The van der Waals surface area contributed by atoms with Gasteiger partial charge in [-0.3, -0.25) is 4.39 Å². The van der Waals surface area contributed by atoms with Crippen LogP contribution in [0.1, 0.15) is 17.3 Å². The van der Waals surface area contributed by atoms with Crippen molar-refractivity contribution in [3.8, 4) is 22.4 Å². The molecular formula is C28H20F2IrN3. The molecule has 170 valence electrons. The first-order valence-electron chi connectivity index (χ1n) is 10.7. The summed E-state index contributed by atoms with van der Waals surface area (Å²) in [4.78, 5) is 6.54. The molecule has 4 aromatic rings. The first kappa shape index (κ1) is 23.8. The van der Waals surface area contributed by atoms with Gasteiger partial charge in [0, 0.05) is 12.7 Å². The van der Waals surface area contributed by atoms with Gasteiger partial charge in [-0.1, -0.05) is 48.9 Å². The standard InChI is InChI=1S/C17H10F2N.C11H10N2.Ir/c18-15-8-6-13(10-16(15)19)17-9-7-14(11-20-17)12-4-2-1-3-5-12;1-2-4-10-9(3-1)5-7-13-8-6-12-11(10)13;/h1-5,7-11H;1-3,6,8,11H,5,7H2;/q-1;-2;+3. The van der Waals surface area contributed by atoms with E-state index in [1.54, 1.807) is 12.3 Å². The normalized spacial score (nSPS) is 15.2. The topological polar surface area (TPSA) is 30.2 Å². The van der Waals surface area contributed by atoms with Gasteiger partial charge in [0.25, 0.3) is 0 Å². The van der Waals surface area contributed by atoms with E-state index in [0.717, 1.165) is 36.2 Å². The van der Waals surface area contributed by atoms with Gasteiger partial charge in [-0.25, -0.2) is 4.39 Å². The first-order valence-corrected chi connectivity index (χ1v) is 10.7. The maximum absolute atomic E-state index is 13.2. The SMILES string of the molecule is Fc1c[c-]c(-c2ccc(-c3ccccc3)cn2)cc1F.[Ir+3].[c-]1cccc2c1C1[N-]C=CN1CC2. The van der Waals surface area contributed by atoms with Crippen molar-refractivity contribution in [2.45, 2.75) is 12.6 Å². The van der Waals surface area contributed by atoms with Crippen LogP contribution in [0.2, 0.25) is 0 Å². The van der Waals surface area contributed by atoms with E-state index in [0.29, 0.717) is 11.3 Å². The second-order valence-electron chi connectivity index (χ2n) is 7.76. The number of aromatic nitrogens is 1. The van der Waals surface area contributed by atoms with Crippen LogP contribution < -0.4 is 0 Å². The second kappa shape index (κ2) is 10.7. The van der Waals surface area contributed by atoms with E-state index in [1.165, 1.54) is 11.1 Å². The largest absolute Gasteiger partial charge is 3.00 e. The number of hydrogen-bond donors (Lipinski definition) is 0. The Labute approximate surface area is 211 Å². The number of halogens is 2. The summed E-state index contributed by atoms with van der Waals surface area (Å²) in [7, 11) is 0. The van der Waals surface area contributed by atoms with E-state index in [4.69, 9.17) is 0 Å². The van der Waals surface area contributed by atoms with Crippen LogP contribution >= 0.6 is 0 Å². The predicted octanol–water partition coefficient (Wildman–Crippen LogP) is 6.69. The Morgan fingerprint density at radius 3 is 2.56 bits per heavy atom. The van der Waals surface area contributed by atoms with Crippen LogP contribution in [0, 0.1) is 23.8 Å². The summed E-state index contributed by atoms with van der Waals surface area (Å²) in [6, 6.07) is 27.7. The van der Waals surface area contributed by atoms with Crippen molar-refractivity contribution in [1.82, 2.24) is 9.88 Å². The number of hydrogen-bond acceptors (Lipinski definition) is 2. The van der Waals surface area contributed by atoms with Crippen LogP contribution in [0.3, 0.4) is 0 Å². The van der Waals surface area contributed by atoms with E-state index in [9.17, 15) is 8.78 Å². The van der Waals surface area contributed by atoms with Gasteiger partial charge in [0.05, 0.1) is 11.6 Å². The number of pyridine rings is 1. The van der Waals surface area contributed by atoms with Crippen molar-refractivity contribution < 1.29 is 28.9 Å². The minimum Gasteiger partial charge on any atom is -0.668 e. The molecule has 1 unspecified atom stereocenters. The maximum Gasteiger partial charge on any atom is 3.00 e. The van der Waals surface area contributed by atoms with Crippen LogP contribution in [0.5, 0.6) is 0 Å². The number of fused-ring (bicyclic) bond motifs is 3. The van der Waals surface area contributed by atoms with Crippen LogP contribution in [-0.4, -0.2) is 16.4 Å². The van der Waals surface area contributed by atoms with Crippen LogP contribution in [0.25, 0.3) is 27.7 Å². The average Bonchev–Trinajstić information content (AvgIpc) is 3.36. The van der Waals surface area contributed by atoms with E-state index < -0.39 is 11.6 Å². The molecule has 0 N–H and O–H groups in total. The molecule has 3 aromatic carbocycles. The smallest absolute Gasteiger partial charge is 0.668 e. The summed E-state index contributed by atoms with van der Waals surface area (Å²) in [5, 5.41) is 4.41. The minimum atomic E-state index is -0.908. The van der Waals surface area contributed by atoms with Crippen molar-refractivity contribution in [1.29, 1.82) is 0 Å². The van der Waals surface area contributed by atoms with Crippen molar-refractivity contribution in [2.24, 2.45) is 0 Å². The van der Waals surface area contributed by atoms with Gasteiger partial charge in [-0.05, 0) is 29.2 Å². The monoisotopic (exact) mass is 629 g/mol. The van der Waals surface area contributed by atoms with Crippen LogP contribution in [-0.2, 0) is 26.5 Å². The summed E-state index contributed by atoms with van der Waals surface area (Å²) < 4.78 is 26.1. The van der Waals surface area contributed by atoms with E-state index in [2.05, 4.69) is 45.7 Å². The molecule has 2 aliphatic rings. The quantitative estimate of drug-likeness (QED) is 0.232. The zero-order valence-corrected chi connectivity index (χ0v) is 20.5. The summed E-state index contributed by atoms with van der Waals surface area (Å²) in [5.41, 5.74) is 5.67. The van der Waals surface area contributed by atoms with Gasteiger partial charge in [0.15, 0.2) is 0 Å². The molecule has 0 amide bonds. The van der Waals surface area contributed by atoms with Gasteiger partial charge in [-0.2, -0.15) is 41.6 Å². The van der Waals surface area contributed by atoms with E-state index >= 15 is 0 Å². The molecule has 3 heterocycles. The molecule has 0 saturated carbocycles. The summed E-state index contributed by atoms with van der Waals surface area (Å²) in [6.45, 7) is 1.08. The number of benzene rings is 3. The molecule has 0 radical (unpaired) electrons. The fourth-order valence-corrected chi connectivity index (χ4v) is 3.95. The molecule has 0 spiro atoms. The Bertz CT molecular complexity index is 1280. The Balaban J connectivity index is 0.000000169. The molecule has 0 bridgehead atoms. The molecule has 1 atom stereocenters. The molecule has 6 heteroatoms. The summed E-state index contributed by atoms with van der Waals surface area (Å²) in [6.07, 6.45) is 6.99. The Morgan fingerprint density at radius 1 is 0.941 bits per heavy atom. The zero-order chi connectivity index (χ0) is 22.6. The Kier molecular flexibility index (Phi) is 7.51. The minimum absolute atomic E-state index is 0. The zero-order valence-electron chi connectivity index (χ0n) is 18.1. The molecule has 34 heavy (non-hydrogen) atoms. The second-order valence-corrected chi connectivity index (χ2v) is 7.76. The third kappa shape index (κ3) is 5.09. The summed E-state index contributed by atoms with van der Waals surface area (Å²) >= 11 is 0. The Hall–Kier alpha value is -3.34. The van der Waals surface area contributed by atoms with Crippen molar-refractivity contribution in [3.63, 3.8) is 0 Å². The summed E-state index contributed by atoms with van der Waals surface area (Å²) in [5.74, 6) is -1.80. The molecule has 6 rings (SSSR count). The van der Waals surface area contributed by atoms with Gasteiger partial charge < -0.3 is 15.2 Å². The van der Waals surface area contributed by atoms with Gasteiger partial charge in [0.1, 0.15) is 0 Å². The van der Waals surface area contributed by atoms with Crippen molar-refractivity contribution in [3.05, 3.63) is 132 Å². The fourth-order valence-electron chi connectivity index (χ4n) is 3.95. The molecule has 0 aliphatic carbocycles. The Morgan fingerprint density at radius 2 is 1.79 bits per heavy atom. The molecular weight excluding hydrogens is 609 g/mol. The third-order valence-electron chi connectivity index (χ3n) is 5.68. The molecule has 0 fully saturated rings. The molecule has 3 nitrogen and oxygen atoms in total. The molecule has 2 aliphatic heterocycles.